The highest BCUT2D eigenvalue weighted by Crippen LogP contribution is 2.47. The van der Waals surface area contributed by atoms with Gasteiger partial charge in [-0.25, -0.2) is 4.79 Å². The van der Waals surface area contributed by atoms with Gasteiger partial charge in [-0.05, 0) is 63.0 Å². The molecule has 4 rings (SSSR count). The minimum Gasteiger partial charge on any atom is -0.464 e. The van der Waals surface area contributed by atoms with E-state index in [1.54, 1.807) is 0 Å². The van der Waals surface area contributed by atoms with Crippen LogP contribution in [0, 0.1) is 5.92 Å². The van der Waals surface area contributed by atoms with Crippen LogP contribution in [-0.4, -0.2) is 34.2 Å². The molecule has 2 amide bonds. The lowest BCUT2D eigenvalue weighted by molar-refractivity contribution is 0.114. The molecule has 0 spiro atoms. The van der Waals surface area contributed by atoms with Crippen LogP contribution < -0.4 is 5.32 Å². The quantitative estimate of drug-likeness (QED) is 0.869. The highest BCUT2D eigenvalue weighted by atomic mass is 16.3. The van der Waals surface area contributed by atoms with Gasteiger partial charge in [-0.1, -0.05) is 6.92 Å². The summed E-state index contributed by atoms with van der Waals surface area (Å²) in [6.07, 6.45) is 6.52. The molecule has 1 aromatic heterocycles. The molecule has 2 N–H and O–H groups in total. The topological polar surface area (TPSA) is 65.7 Å². The maximum atomic E-state index is 12.7. The van der Waals surface area contributed by atoms with Gasteiger partial charge in [-0.3, -0.25) is 0 Å². The molecule has 24 heavy (non-hydrogen) atoms. The van der Waals surface area contributed by atoms with E-state index in [4.69, 9.17) is 4.42 Å². The van der Waals surface area contributed by atoms with E-state index in [1.165, 1.54) is 6.42 Å². The van der Waals surface area contributed by atoms with Crippen LogP contribution in [0.1, 0.15) is 69.3 Å². The van der Waals surface area contributed by atoms with Gasteiger partial charge in [0.05, 0.1) is 12.6 Å². The summed E-state index contributed by atoms with van der Waals surface area (Å²) in [5.41, 5.74) is 0. The predicted octanol–water partition coefficient (Wildman–Crippen LogP) is 3.38. The highest BCUT2D eigenvalue weighted by Gasteiger charge is 2.38. The number of hydrogen-bond donors (Lipinski definition) is 2. The Bertz CT molecular complexity index is 587. The molecule has 3 saturated carbocycles. The average molecular weight is 332 g/mol. The van der Waals surface area contributed by atoms with Crippen molar-refractivity contribution in [3.05, 3.63) is 23.7 Å². The van der Waals surface area contributed by atoms with E-state index >= 15 is 0 Å². The average Bonchev–Trinajstić information content (AvgIpc) is 3.48. The van der Waals surface area contributed by atoms with Crippen molar-refractivity contribution in [1.82, 2.24) is 10.2 Å². The molecule has 0 radical (unpaired) electrons. The van der Waals surface area contributed by atoms with Crippen molar-refractivity contribution in [2.24, 2.45) is 5.92 Å². The first-order valence-electron chi connectivity index (χ1n) is 9.44. The summed E-state index contributed by atoms with van der Waals surface area (Å²) in [4.78, 5) is 14.6. The minimum atomic E-state index is -0.191. The summed E-state index contributed by atoms with van der Waals surface area (Å²) in [7, 11) is 0. The summed E-state index contributed by atoms with van der Waals surface area (Å²) >= 11 is 0. The fourth-order valence-electron chi connectivity index (χ4n) is 3.80. The van der Waals surface area contributed by atoms with E-state index in [-0.39, 0.29) is 18.2 Å². The van der Waals surface area contributed by atoms with Crippen molar-refractivity contribution < 1.29 is 14.3 Å². The Balaban J connectivity index is 1.35. The molecular weight excluding hydrogens is 304 g/mol. The van der Waals surface area contributed by atoms with Gasteiger partial charge in [-0.15, -0.1) is 0 Å². The number of nitrogens with zero attached hydrogens (tertiary/aromatic N) is 1. The van der Waals surface area contributed by atoms with E-state index in [2.05, 4.69) is 18.3 Å². The molecule has 0 bridgehead atoms. The van der Waals surface area contributed by atoms with Crippen LogP contribution in [0.25, 0.3) is 0 Å². The Hall–Kier alpha value is -1.49. The molecule has 3 fully saturated rings. The molecule has 2 unspecified atom stereocenters. The largest absolute Gasteiger partial charge is 0.464 e. The van der Waals surface area contributed by atoms with Crippen LogP contribution >= 0.6 is 0 Å². The lowest BCUT2D eigenvalue weighted by atomic mass is 9.93. The Labute approximate surface area is 143 Å². The Morgan fingerprint density at radius 2 is 1.96 bits per heavy atom. The van der Waals surface area contributed by atoms with E-state index < -0.39 is 0 Å². The number of urea groups is 1. The maximum absolute atomic E-state index is 12.7. The Morgan fingerprint density at radius 3 is 2.58 bits per heavy atom. The van der Waals surface area contributed by atoms with Crippen LogP contribution in [0.4, 0.5) is 4.79 Å². The molecule has 3 aliphatic rings. The van der Waals surface area contributed by atoms with Gasteiger partial charge in [0, 0.05) is 18.0 Å². The first kappa shape index (κ1) is 16.0. The van der Waals surface area contributed by atoms with Crippen molar-refractivity contribution in [3.8, 4) is 0 Å². The molecule has 0 saturated heterocycles. The van der Waals surface area contributed by atoms with E-state index in [1.807, 2.05) is 11.0 Å². The smallest absolute Gasteiger partial charge is 0.318 e. The van der Waals surface area contributed by atoms with Crippen LogP contribution in [0.2, 0.25) is 0 Å². The van der Waals surface area contributed by atoms with Gasteiger partial charge in [-0.2, -0.15) is 0 Å². The number of nitrogens with one attached hydrogen (secondary N) is 1. The van der Waals surface area contributed by atoms with Gasteiger partial charge in [0.2, 0.25) is 0 Å². The lowest BCUT2D eigenvalue weighted by Crippen LogP contribution is -2.46. The van der Waals surface area contributed by atoms with Crippen molar-refractivity contribution in [3.63, 3.8) is 0 Å². The summed E-state index contributed by atoms with van der Waals surface area (Å²) < 4.78 is 5.99. The van der Waals surface area contributed by atoms with Crippen LogP contribution in [0.15, 0.2) is 16.5 Å². The van der Waals surface area contributed by atoms with E-state index in [0.29, 0.717) is 18.5 Å². The van der Waals surface area contributed by atoms with Gasteiger partial charge in [0.1, 0.15) is 11.5 Å². The zero-order valence-corrected chi connectivity index (χ0v) is 14.4. The summed E-state index contributed by atoms with van der Waals surface area (Å²) in [6, 6.07) is 4.68. The fourth-order valence-corrected chi connectivity index (χ4v) is 3.80. The first-order chi connectivity index (χ1) is 11.6. The SMILES string of the molecule is CC1CC1c1ccc(CN(C(=O)NC2CCC(O)CC2)C2CC2)o1. The second-order valence-electron chi connectivity index (χ2n) is 7.94. The third kappa shape index (κ3) is 3.61. The van der Waals surface area contributed by atoms with Crippen LogP contribution in [-0.2, 0) is 6.54 Å². The van der Waals surface area contributed by atoms with Gasteiger partial charge < -0.3 is 19.7 Å². The molecular formula is C19H28N2O3. The number of carbonyl (C=O) groups is 1. The molecule has 3 aliphatic carbocycles. The second kappa shape index (κ2) is 6.43. The van der Waals surface area contributed by atoms with Crippen molar-refractivity contribution in [1.29, 1.82) is 0 Å². The van der Waals surface area contributed by atoms with E-state index in [0.717, 1.165) is 56.0 Å². The molecule has 5 nitrogen and oxygen atoms in total. The summed E-state index contributed by atoms with van der Waals surface area (Å²) in [5.74, 6) is 3.28. The maximum Gasteiger partial charge on any atom is 0.318 e. The number of hydrogen-bond acceptors (Lipinski definition) is 3. The third-order valence-corrected chi connectivity index (χ3v) is 5.76. The Kier molecular flexibility index (Phi) is 4.29. The fraction of sp³-hybridized carbons (Fsp3) is 0.737. The normalized spacial score (nSPS) is 32.4. The molecule has 5 heteroatoms. The predicted molar refractivity (Wildman–Crippen MR) is 90.6 cm³/mol. The highest BCUT2D eigenvalue weighted by molar-refractivity contribution is 5.75. The minimum absolute atomic E-state index is 0.0247. The number of amides is 2. The van der Waals surface area contributed by atoms with Gasteiger partial charge in [0.15, 0.2) is 0 Å². The summed E-state index contributed by atoms with van der Waals surface area (Å²) in [5, 5.41) is 12.8. The van der Waals surface area contributed by atoms with Gasteiger partial charge in [0.25, 0.3) is 0 Å². The molecule has 2 atom stereocenters. The number of aliphatic hydroxyl groups excluding tert-OH is 1. The van der Waals surface area contributed by atoms with Gasteiger partial charge >= 0.3 is 6.03 Å². The number of carbonyl (C=O) groups excluding carboxylic acids is 1. The van der Waals surface area contributed by atoms with Crippen LogP contribution in [0.3, 0.4) is 0 Å². The molecule has 1 heterocycles. The van der Waals surface area contributed by atoms with Crippen LogP contribution in [0.5, 0.6) is 0 Å². The zero-order valence-electron chi connectivity index (χ0n) is 14.4. The van der Waals surface area contributed by atoms with Crippen molar-refractivity contribution in [2.45, 2.75) is 82.5 Å². The van der Waals surface area contributed by atoms with Crippen molar-refractivity contribution >= 4 is 6.03 Å². The second-order valence-corrected chi connectivity index (χ2v) is 7.94. The number of furan rings is 1. The van der Waals surface area contributed by atoms with E-state index in [9.17, 15) is 9.90 Å². The lowest BCUT2D eigenvalue weighted by Gasteiger charge is -2.29. The number of rotatable bonds is 5. The zero-order chi connectivity index (χ0) is 16.7. The first-order valence-corrected chi connectivity index (χ1v) is 9.44. The molecule has 1 aromatic rings. The standard InChI is InChI=1S/C19H28N2O3/c1-12-10-17(12)18-9-8-16(24-18)11-21(14-4-5-14)19(23)20-13-2-6-15(22)7-3-13/h8-9,12-15,17,22H,2-7,10-11H2,1H3,(H,20,23). The van der Waals surface area contributed by atoms with Crippen molar-refractivity contribution in [2.75, 3.05) is 0 Å². The monoisotopic (exact) mass is 332 g/mol. The molecule has 0 aliphatic heterocycles. The molecule has 132 valence electrons. The molecule has 0 aromatic carbocycles. The third-order valence-electron chi connectivity index (χ3n) is 5.76. The Morgan fingerprint density at radius 1 is 1.25 bits per heavy atom. The summed E-state index contributed by atoms with van der Waals surface area (Å²) in [6.45, 7) is 2.81. The number of aliphatic hydroxyl groups is 1.